The van der Waals surface area contributed by atoms with Crippen LogP contribution in [-0.4, -0.2) is 47.0 Å². The second-order valence-corrected chi connectivity index (χ2v) is 9.86. The number of phenols is 1. The van der Waals surface area contributed by atoms with Gasteiger partial charge >= 0.3 is 0 Å². The number of aromatic nitrogens is 1. The number of primary amides is 1. The highest BCUT2D eigenvalue weighted by Gasteiger charge is 2.37. The number of hydrogen-bond donors (Lipinski definition) is 4. The first kappa shape index (κ1) is 27.3. The molecular weight excluding hydrogens is 498 g/mol. The van der Waals surface area contributed by atoms with Crippen molar-refractivity contribution in [1.29, 1.82) is 0 Å². The minimum atomic E-state index is -1.24. The summed E-state index contributed by atoms with van der Waals surface area (Å²) in [6.45, 7) is 5.41. The van der Waals surface area contributed by atoms with E-state index in [1.54, 1.807) is 45.0 Å². The maximum absolute atomic E-state index is 14.0. The summed E-state index contributed by atoms with van der Waals surface area (Å²) in [5, 5.41) is 13.1. The van der Waals surface area contributed by atoms with Crippen molar-refractivity contribution in [2.24, 2.45) is 5.73 Å². The Morgan fingerprint density at radius 1 is 1.08 bits per heavy atom. The van der Waals surface area contributed by atoms with Crippen molar-refractivity contribution in [3.8, 4) is 17.2 Å². The lowest BCUT2D eigenvalue weighted by Gasteiger charge is -2.33. The van der Waals surface area contributed by atoms with Gasteiger partial charge in [-0.3, -0.25) is 19.3 Å². The Morgan fingerprint density at radius 2 is 1.73 bits per heavy atom. The summed E-state index contributed by atoms with van der Waals surface area (Å²) in [5.41, 5.74) is 11.0. The number of rotatable bonds is 8. The Bertz CT molecular complexity index is 1320. The molecule has 3 amide bonds. The summed E-state index contributed by atoms with van der Waals surface area (Å²) in [6.07, 6.45) is 0. The number of aromatic hydroxyl groups is 1. The third kappa shape index (κ3) is 5.92. The molecule has 2 aromatic carbocycles. The van der Waals surface area contributed by atoms with E-state index in [-0.39, 0.29) is 27.8 Å². The molecule has 0 spiro atoms. The zero-order valence-electron chi connectivity index (χ0n) is 21.1. The second kappa shape index (κ2) is 10.7. The highest BCUT2D eigenvalue weighted by atomic mass is 32.1. The summed E-state index contributed by atoms with van der Waals surface area (Å²) >= 11 is 0.703. The van der Waals surface area contributed by atoms with Gasteiger partial charge in [-0.2, -0.15) is 4.37 Å². The van der Waals surface area contributed by atoms with Crippen LogP contribution in [0.3, 0.4) is 0 Å². The molecule has 0 aliphatic heterocycles. The molecule has 0 aliphatic rings. The SMILES string of the molecule is COc1ccc(N(C(=O)c2snc(C(N)=O)c2N)[C@H](C(=O)NC(C)(C)C)c2ccc(O)c(OC)c2)cc1. The van der Waals surface area contributed by atoms with Gasteiger partial charge in [-0.15, -0.1) is 0 Å². The van der Waals surface area contributed by atoms with Crippen LogP contribution in [0.5, 0.6) is 17.2 Å². The van der Waals surface area contributed by atoms with Gasteiger partial charge in [0.1, 0.15) is 16.7 Å². The van der Waals surface area contributed by atoms with Crippen molar-refractivity contribution >= 4 is 40.6 Å². The lowest BCUT2D eigenvalue weighted by molar-refractivity contribution is -0.123. The molecule has 1 heterocycles. The van der Waals surface area contributed by atoms with Crippen molar-refractivity contribution in [2.45, 2.75) is 32.4 Å². The van der Waals surface area contributed by atoms with Gasteiger partial charge in [0.15, 0.2) is 17.2 Å². The number of carbonyl (C=O) groups excluding carboxylic acids is 3. The van der Waals surface area contributed by atoms with E-state index in [2.05, 4.69) is 9.69 Å². The van der Waals surface area contributed by atoms with Crippen molar-refractivity contribution in [2.75, 3.05) is 24.9 Å². The fourth-order valence-corrected chi connectivity index (χ4v) is 4.33. The van der Waals surface area contributed by atoms with E-state index in [0.717, 1.165) is 0 Å². The van der Waals surface area contributed by atoms with E-state index in [4.69, 9.17) is 20.9 Å². The van der Waals surface area contributed by atoms with E-state index in [9.17, 15) is 19.5 Å². The molecule has 37 heavy (non-hydrogen) atoms. The first-order valence-electron chi connectivity index (χ1n) is 11.1. The lowest BCUT2D eigenvalue weighted by Crippen LogP contribution is -2.49. The Kier molecular flexibility index (Phi) is 7.92. The third-order valence-corrected chi connectivity index (χ3v) is 6.10. The number of nitrogens with one attached hydrogen (secondary N) is 1. The minimum Gasteiger partial charge on any atom is -0.504 e. The molecule has 3 aromatic rings. The molecule has 12 heteroatoms. The van der Waals surface area contributed by atoms with Crippen molar-refractivity contribution in [1.82, 2.24) is 9.69 Å². The molecule has 0 saturated carbocycles. The lowest BCUT2D eigenvalue weighted by atomic mass is 9.99. The van der Waals surface area contributed by atoms with E-state index in [0.29, 0.717) is 28.5 Å². The van der Waals surface area contributed by atoms with Crippen LogP contribution in [0.15, 0.2) is 42.5 Å². The third-order valence-electron chi connectivity index (χ3n) is 5.25. The van der Waals surface area contributed by atoms with Crippen LogP contribution >= 0.6 is 11.5 Å². The number of benzene rings is 2. The molecule has 0 unspecified atom stereocenters. The van der Waals surface area contributed by atoms with Crippen molar-refractivity contribution in [3.05, 3.63) is 58.6 Å². The number of phenolic OH excluding ortho intramolecular Hbond substituents is 1. The smallest absolute Gasteiger partial charge is 0.273 e. The van der Waals surface area contributed by atoms with Crippen LogP contribution in [0, 0.1) is 0 Å². The van der Waals surface area contributed by atoms with Crippen LogP contribution in [0.1, 0.15) is 52.5 Å². The number of amides is 3. The molecule has 1 atom stereocenters. The monoisotopic (exact) mass is 527 g/mol. The largest absolute Gasteiger partial charge is 0.504 e. The molecule has 0 radical (unpaired) electrons. The number of methoxy groups -OCH3 is 2. The number of nitrogen functional groups attached to an aromatic ring is 1. The summed E-state index contributed by atoms with van der Waals surface area (Å²) in [7, 11) is 2.88. The normalized spacial score (nSPS) is 11.9. The zero-order chi connectivity index (χ0) is 27.5. The summed E-state index contributed by atoms with van der Waals surface area (Å²) in [5.74, 6) is -1.57. The molecule has 0 fully saturated rings. The zero-order valence-corrected chi connectivity index (χ0v) is 21.9. The first-order valence-corrected chi connectivity index (χ1v) is 11.9. The quantitative estimate of drug-likeness (QED) is 0.346. The van der Waals surface area contributed by atoms with Gasteiger partial charge in [0.05, 0.1) is 19.9 Å². The van der Waals surface area contributed by atoms with Gasteiger partial charge in [-0.1, -0.05) is 6.07 Å². The van der Waals surface area contributed by atoms with Crippen LogP contribution in [-0.2, 0) is 4.79 Å². The number of nitrogens with two attached hydrogens (primary N) is 2. The number of carbonyl (C=O) groups is 3. The molecular formula is C25H29N5O6S. The maximum atomic E-state index is 14.0. The highest BCUT2D eigenvalue weighted by molar-refractivity contribution is 7.09. The molecule has 6 N–H and O–H groups in total. The van der Waals surface area contributed by atoms with Gasteiger partial charge in [0, 0.05) is 11.2 Å². The van der Waals surface area contributed by atoms with Crippen LogP contribution in [0.4, 0.5) is 11.4 Å². The summed E-state index contributed by atoms with van der Waals surface area (Å²) < 4.78 is 14.4. The fraction of sp³-hybridized carbons (Fsp3) is 0.280. The molecule has 0 aliphatic carbocycles. The van der Waals surface area contributed by atoms with Crippen LogP contribution in [0.25, 0.3) is 0 Å². The van der Waals surface area contributed by atoms with E-state index in [1.807, 2.05) is 0 Å². The summed E-state index contributed by atoms with van der Waals surface area (Å²) in [6, 6.07) is 9.60. The standard InChI is InChI=1S/C25H29N5O6S/c1-25(2,3)28-23(33)20(13-6-11-16(31)17(12-13)36-5)30(14-7-9-15(35-4)10-8-14)24(34)21-18(26)19(22(27)32)29-37-21/h6-12,20,31H,26H2,1-5H3,(H2,27,32)(H,28,33)/t20-/m0/s1. The Hall–Kier alpha value is -4.32. The first-order chi connectivity index (χ1) is 17.4. The Morgan fingerprint density at radius 3 is 2.24 bits per heavy atom. The van der Waals surface area contributed by atoms with Gasteiger partial charge in [-0.05, 0) is 74.3 Å². The minimum absolute atomic E-state index is 0.0658. The highest BCUT2D eigenvalue weighted by Crippen LogP contribution is 2.37. The maximum Gasteiger partial charge on any atom is 0.273 e. The van der Waals surface area contributed by atoms with E-state index in [1.165, 1.54) is 37.3 Å². The molecule has 0 saturated heterocycles. The second-order valence-electron chi connectivity index (χ2n) is 9.08. The molecule has 1 aromatic heterocycles. The van der Waals surface area contributed by atoms with Crippen LogP contribution in [0.2, 0.25) is 0 Å². The average Bonchev–Trinajstić information content (AvgIpc) is 3.23. The van der Waals surface area contributed by atoms with Crippen LogP contribution < -0.4 is 31.2 Å². The Labute approximate surface area is 218 Å². The molecule has 3 rings (SSSR count). The fourth-order valence-electron chi connectivity index (χ4n) is 3.58. The number of ether oxygens (including phenoxy) is 2. The molecule has 11 nitrogen and oxygen atoms in total. The van der Waals surface area contributed by atoms with Gasteiger partial charge in [0.25, 0.3) is 11.8 Å². The van der Waals surface area contributed by atoms with Gasteiger partial charge in [-0.25, -0.2) is 0 Å². The molecule has 196 valence electrons. The van der Waals surface area contributed by atoms with Crippen molar-refractivity contribution in [3.63, 3.8) is 0 Å². The van der Waals surface area contributed by atoms with Gasteiger partial charge < -0.3 is 31.4 Å². The summed E-state index contributed by atoms with van der Waals surface area (Å²) in [4.78, 5) is 40.7. The number of hydrogen-bond acceptors (Lipinski definition) is 9. The predicted octanol–water partition coefficient (Wildman–Crippen LogP) is 2.85. The number of anilines is 2. The van der Waals surface area contributed by atoms with Crippen molar-refractivity contribution < 1.29 is 29.0 Å². The molecule has 0 bridgehead atoms. The predicted molar refractivity (Wildman–Crippen MR) is 140 cm³/mol. The number of nitrogens with zero attached hydrogens (tertiary/aromatic N) is 2. The van der Waals surface area contributed by atoms with E-state index < -0.39 is 29.3 Å². The van der Waals surface area contributed by atoms with E-state index >= 15 is 0 Å². The topological polar surface area (TPSA) is 170 Å². The van der Waals surface area contributed by atoms with Gasteiger partial charge in [0.2, 0.25) is 5.91 Å². The average molecular weight is 528 g/mol. The Balaban J connectivity index is 2.27.